The molecule has 0 bridgehead atoms. The molecule has 1 rings (SSSR count). The summed E-state index contributed by atoms with van der Waals surface area (Å²) in [6.45, 7) is 10.5. The third kappa shape index (κ3) is 5.01. The fourth-order valence-corrected chi connectivity index (χ4v) is 3.24. The molecule has 116 valence electrons. The molecule has 0 amide bonds. The number of nitrogens with one attached hydrogen (secondary N) is 1. The van der Waals surface area contributed by atoms with Crippen LogP contribution in [0.3, 0.4) is 0 Å². The van der Waals surface area contributed by atoms with Gasteiger partial charge in [-0.2, -0.15) is 0 Å². The van der Waals surface area contributed by atoms with E-state index in [0.717, 1.165) is 37.1 Å². The second-order valence-corrected chi connectivity index (χ2v) is 5.83. The predicted octanol–water partition coefficient (Wildman–Crippen LogP) is 2.05. The van der Waals surface area contributed by atoms with Crippen molar-refractivity contribution >= 4 is 16.5 Å². The summed E-state index contributed by atoms with van der Waals surface area (Å²) in [7, 11) is 3.45. The molecule has 1 unspecified atom stereocenters. The minimum atomic E-state index is 0.338. The van der Waals surface area contributed by atoms with Gasteiger partial charge in [0.15, 0.2) is 5.13 Å². The van der Waals surface area contributed by atoms with Crippen LogP contribution in [0.25, 0.3) is 0 Å². The van der Waals surface area contributed by atoms with Crippen LogP contribution in [0.15, 0.2) is 0 Å². The van der Waals surface area contributed by atoms with Crippen LogP contribution in [-0.4, -0.2) is 51.5 Å². The van der Waals surface area contributed by atoms with E-state index in [2.05, 4.69) is 31.0 Å². The number of hydrogen-bond acceptors (Lipinski definition) is 6. The first kappa shape index (κ1) is 17.4. The topological polar surface area (TPSA) is 46.6 Å². The molecule has 0 fully saturated rings. The number of hydrogen-bond donors (Lipinski definition) is 1. The van der Waals surface area contributed by atoms with Gasteiger partial charge in [-0.15, -0.1) is 11.3 Å². The molecular formula is C14H27N3O2S. The number of ether oxygens (including phenoxy) is 2. The van der Waals surface area contributed by atoms with Crippen LogP contribution >= 0.6 is 11.3 Å². The molecule has 1 aromatic rings. The van der Waals surface area contributed by atoms with E-state index in [4.69, 9.17) is 14.5 Å². The summed E-state index contributed by atoms with van der Waals surface area (Å²) in [5, 5.41) is 4.45. The van der Waals surface area contributed by atoms with Gasteiger partial charge in [-0.05, 0) is 20.8 Å². The van der Waals surface area contributed by atoms with Crippen molar-refractivity contribution in [3.63, 3.8) is 0 Å². The lowest BCUT2D eigenvalue weighted by Crippen LogP contribution is -2.36. The third-order valence-corrected chi connectivity index (χ3v) is 4.37. The largest absolute Gasteiger partial charge is 0.383 e. The zero-order valence-electron chi connectivity index (χ0n) is 13.2. The maximum atomic E-state index is 5.25. The molecule has 1 N–H and O–H groups in total. The molecule has 20 heavy (non-hydrogen) atoms. The summed E-state index contributed by atoms with van der Waals surface area (Å²) in [6.07, 6.45) is 0. The minimum Gasteiger partial charge on any atom is -0.383 e. The molecule has 0 aliphatic heterocycles. The monoisotopic (exact) mass is 301 g/mol. The average molecular weight is 301 g/mol. The van der Waals surface area contributed by atoms with Crippen molar-refractivity contribution in [2.24, 2.45) is 0 Å². The van der Waals surface area contributed by atoms with Crippen LogP contribution in [0.4, 0.5) is 5.13 Å². The molecule has 0 radical (unpaired) electrons. The number of methoxy groups -OCH3 is 2. The molecule has 0 saturated heterocycles. The molecule has 0 aliphatic rings. The van der Waals surface area contributed by atoms with Gasteiger partial charge in [-0.1, -0.05) is 0 Å². The second-order valence-electron chi connectivity index (χ2n) is 4.76. The van der Waals surface area contributed by atoms with E-state index >= 15 is 0 Å². The van der Waals surface area contributed by atoms with Crippen LogP contribution in [0.5, 0.6) is 0 Å². The van der Waals surface area contributed by atoms with Crippen LogP contribution < -0.4 is 10.2 Å². The number of aryl methyl sites for hydroxylation is 1. The predicted molar refractivity (Wildman–Crippen MR) is 84.8 cm³/mol. The Hall–Kier alpha value is -0.690. The molecular weight excluding hydrogens is 274 g/mol. The molecule has 0 aromatic carbocycles. The lowest BCUT2D eigenvalue weighted by Gasteiger charge is -2.26. The van der Waals surface area contributed by atoms with Crippen molar-refractivity contribution in [1.29, 1.82) is 0 Å². The number of nitrogens with zero attached hydrogens (tertiary/aromatic N) is 2. The van der Waals surface area contributed by atoms with E-state index in [1.165, 1.54) is 4.88 Å². The molecule has 0 aliphatic carbocycles. The highest BCUT2D eigenvalue weighted by atomic mass is 32.1. The van der Waals surface area contributed by atoms with Gasteiger partial charge in [0.05, 0.1) is 24.9 Å². The summed E-state index contributed by atoms with van der Waals surface area (Å²) in [5.41, 5.74) is 1.11. The lowest BCUT2D eigenvalue weighted by atomic mass is 10.3. The van der Waals surface area contributed by atoms with E-state index in [-0.39, 0.29) is 0 Å². The highest BCUT2D eigenvalue weighted by Crippen LogP contribution is 2.27. The molecule has 1 heterocycles. The van der Waals surface area contributed by atoms with Gasteiger partial charge in [0.1, 0.15) is 0 Å². The Bertz CT molecular complexity index is 384. The standard InChI is InChI=1S/C14H27N3O2S/c1-6-17(11(2)10-19-5)14-16-12(3)13(20-14)9-15-7-8-18-4/h11,15H,6-10H2,1-5H3. The van der Waals surface area contributed by atoms with Crippen LogP contribution in [0, 0.1) is 6.92 Å². The van der Waals surface area contributed by atoms with Crippen LogP contribution in [0.2, 0.25) is 0 Å². The maximum absolute atomic E-state index is 5.25. The molecule has 1 aromatic heterocycles. The van der Waals surface area contributed by atoms with Crippen molar-refractivity contribution in [1.82, 2.24) is 10.3 Å². The van der Waals surface area contributed by atoms with Gasteiger partial charge in [-0.25, -0.2) is 4.98 Å². The Morgan fingerprint density at radius 3 is 2.70 bits per heavy atom. The highest BCUT2D eigenvalue weighted by molar-refractivity contribution is 7.15. The normalized spacial score (nSPS) is 12.7. The molecule has 6 heteroatoms. The van der Waals surface area contributed by atoms with Gasteiger partial charge in [0.25, 0.3) is 0 Å². The van der Waals surface area contributed by atoms with E-state index in [1.807, 2.05) is 0 Å². The summed E-state index contributed by atoms with van der Waals surface area (Å²) < 4.78 is 10.3. The van der Waals surface area contributed by atoms with Crippen molar-refractivity contribution in [2.75, 3.05) is 45.4 Å². The van der Waals surface area contributed by atoms with Crippen molar-refractivity contribution < 1.29 is 9.47 Å². The highest BCUT2D eigenvalue weighted by Gasteiger charge is 2.17. The van der Waals surface area contributed by atoms with Gasteiger partial charge in [0.2, 0.25) is 0 Å². The first-order chi connectivity index (χ1) is 9.63. The van der Waals surface area contributed by atoms with E-state index in [9.17, 15) is 0 Å². The van der Waals surface area contributed by atoms with Crippen molar-refractivity contribution in [2.45, 2.75) is 33.4 Å². The first-order valence-electron chi connectivity index (χ1n) is 7.05. The second kappa shape index (κ2) is 9.28. The quantitative estimate of drug-likeness (QED) is 0.670. The van der Waals surface area contributed by atoms with E-state index < -0.39 is 0 Å². The maximum Gasteiger partial charge on any atom is 0.186 e. The zero-order chi connectivity index (χ0) is 15.0. The average Bonchev–Trinajstić information content (AvgIpc) is 2.77. The van der Waals surface area contributed by atoms with E-state index in [0.29, 0.717) is 12.6 Å². The summed E-state index contributed by atoms with van der Waals surface area (Å²) >= 11 is 1.76. The van der Waals surface area contributed by atoms with Gasteiger partial charge < -0.3 is 19.7 Å². The lowest BCUT2D eigenvalue weighted by molar-refractivity contribution is 0.182. The number of anilines is 1. The first-order valence-corrected chi connectivity index (χ1v) is 7.87. The van der Waals surface area contributed by atoms with Crippen molar-refractivity contribution in [3.8, 4) is 0 Å². The Labute approximate surface area is 126 Å². The molecule has 1 atom stereocenters. The number of thiazole rings is 1. The van der Waals surface area contributed by atoms with Crippen molar-refractivity contribution in [3.05, 3.63) is 10.6 Å². The SMILES string of the molecule is CCN(c1nc(C)c(CNCCOC)s1)C(C)COC. The minimum absolute atomic E-state index is 0.338. The smallest absolute Gasteiger partial charge is 0.186 e. The number of rotatable bonds is 10. The Kier molecular flexibility index (Phi) is 8.06. The zero-order valence-corrected chi connectivity index (χ0v) is 14.0. The van der Waals surface area contributed by atoms with Gasteiger partial charge in [0, 0.05) is 38.7 Å². The summed E-state index contributed by atoms with van der Waals surface area (Å²) in [5.74, 6) is 0. The molecule has 0 spiro atoms. The third-order valence-electron chi connectivity index (χ3n) is 3.18. The number of aromatic nitrogens is 1. The summed E-state index contributed by atoms with van der Waals surface area (Å²) in [4.78, 5) is 8.28. The van der Waals surface area contributed by atoms with Crippen LogP contribution in [-0.2, 0) is 16.0 Å². The molecule has 5 nitrogen and oxygen atoms in total. The number of likely N-dealkylation sites (N-methyl/N-ethyl adjacent to an activating group) is 1. The fraction of sp³-hybridized carbons (Fsp3) is 0.786. The molecule has 0 saturated carbocycles. The fourth-order valence-electron chi connectivity index (χ4n) is 2.04. The summed E-state index contributed by atoms with van der Waals surface area (Å²) in [6, 6.07) is 0.338. The van der Waals surface area contributed by atoms with Gasteiger partial charge >= 0.3 is 0 Å². The van der Waals surface area contributed by atoms with E-state index in [1.54, 1.807) is 25.6 Å². The van der Waals surface area contributed by atoms with Gasteiger partial charge in [-0.3, -0.25) is 0 Å². The Balaban J connectivity index is 2.66. The Morgan fingerprint density at radius 2 is 2.10 bits per heavy atom. The Morgan fingerprint density at radius 1 is 1.35 bits per heavy atom. The van der Waals surface area contributed by atoms with Crippen LogP contribution in [0.1, 0.15) is 24.4 Å².